The van der Waals surface area contributed by atoms with Crippen LogP contribution in [0.1, 0.15) is 33.1 Å². The Morgan fingerprint density at radius 1 is 1.53 bits per heavy atom. The van der Waals surface area contributed by atoms with E-state index in [4.69, 9.17) is 5.11 Å². The van der Waals surface area contributed by atoms with Gasteiger partial charge in [0, 0.05) is 25.7 Å². The van der Waals surface area contributed by atoms with Gasteiger partial charge >= 0.3 is 0 Å². The van der Waals surface area contributed by atoms with Crippen molar-refractivity contribution in [3.8, 4) is 0 Å². The molecule has 1 heterocycles. The third-order valence-corrected chi connectivity index (χ3v) is 3.47. The van der Waals surface area contributed by atoms with Crippen molar-refractivity contribution in [3.63, 3.8) is 0 Å². The lowest BCUT2D eigenvalue weighted by Gasteiger charge is -2.24. The highest BCUT2D eigenvalue weighted by Crippen LogP contribution is 2.06. The summed E-state index contributed by atoms with van der Waals surface area (Å²) < 4.78 is 0. The van der Waals surface area contributed by atoms with Gasteiger partial charge in [0.25, 0.3) is 0 Å². The topological polar surface area (TPSA) is 64.6 Å². The summed E-state index contributed by atoms with van der Waals surface area (Å²) >= 11 is 0. The highest BCUT2D eigenvalue weighted by molar-refractivity contribution is 5.77. The fourth-order valence-electron chi connectivity index (χ4n) is 2.36. The van der Waals surface area contributed by atoms with Crippen LogP contribution in [0.4, 0.5) is 0 Å². The molecule has 0 spiro atoms. The zero-order valence-corrected chi connectivity index (χ0v) is 12.3. The number of rotatable bonds is 9. The smallest absolute Gasteiger partial charge is 0.234 e. The molecule has 0 aromatic carbocycles. The Kier molecular flexibility index (Phi) is 8.02. The van der Waals surface area contributed by atoms with Gasteiger partial charge in [-0.2, -0.15) is 0 Å². The molecule has 0 aromatic heterocycles. The molecule has 0 radical (unpaired) electrons. The number of aliphatic hydroxyl groups excluding tert-OH is 1. The van der Waals surface area contributed by atoms with E-state index in [0.29, 0.717) is 25.0 Å². The molecule has 19 heavy (non-hydrogen) atoms. The van der Waals surface area contributed by atoms with E-state index >= 15 is 0 Å². The summed E-state index contributed by atoms with van der Waals surface area (Å²) in [5.74, 6) is 0.670. The van der Waals surface area contributed by atoms with Crippen molar-refractivity contribution in [2.45, 2.75) is 39.2 Å². The number of nitrogens with zero attached hydrogens (tertiary/aromatic N) is 1. The molecule has 112 valence electrons. The molecule has 0 saturated carbocycles. The summed E-state index contributed by atoms with van der Waals surface area (Å²) in [7, 11) is 0. The van der Waals surface area contributed by atoms with Crippen molar-refractivity contribution in [3.05, 3.63) is 0 Å². The molecule has 1 saturated heterocycles. The van der Waals surface area contributed by atoms with E-state index < -0.39 is 0 Å². The first-order chi connectivity index (χ1) is 9.11. The maximum Gasteiger partial charge on any atom is 0.234 e. The van der Waals surface area contributed by atoms with Crippen LogP contribution in [0.5, 0.6) is 0 Å². The van der Waals surface area contributed by atoms with Gasteiger partial charge in [-0.15, -0.1) is 0 Å². The molecule has 1 rings (SSSR count). The van der Waals surface area contributed by atoms with Crippen LogP contribution in [-0.4, -0.2) is 61.3 Å². The SMILES string of the molecule is CC(C)CCNC(=O)CN(CCO)CC1CCCN1. The summed E-state index contributed by atoms with van der Waals surface area (Å²) in [6.45, 7) is 8.01. The second kappa shape index (κ2) is 9.28. The lowest BCUT2D eigenvalue weighted by Crippen LogP contribution is -2.44. The Morgan fingerprint density at radius 3 is 2.89 bits per heavy atom. The van der Waals surface area contributed by atoms with Gasteiger partial charge in [-0.3, -0.25) is 9.69 Å². The fourth-order valence-corrected chi connectivity index (χ4v) is 2.36. The van der Waals surface area contributed by atoms with E-state index in [-0.39, 0.29) is 12.5 Å². The van der Waals surface area contributed by atoms with Gasteiger partial charge in [0.1, 0.15) is 0 Å². The Morgan fingerprint density at radius 2 is 2.32 bits per heavy atom. The Hall–Kier alpha value is -0.650. The van der Waals surface area contributed by atoms with Gasteiger partial charge in [0.05, 0.1) is 13.2 Å². The van der Waals surface area contributed by atoms with Crippen LogP contribution in [0.15, 0.2) is 0 Å². The van der Waals surface area contributed by atoms with Crippen LogP contribution in [0.2, 0.25) is 0 Å². The first-order valence-corrected chi connectivity index (χ1v) is 7.45. The number of carbonyl (C=O) groups is 1. The van der Waals surface area contributed by atoms with E-state index in [0.717, 1.165) is 32.5 Å². The van der Waals surface area contributed by atoms with Crippen molar-refractivity contribution in [2.24, 2.45) is 5.92 Å². The van der Waals surface area contributed by atoms with Crippen LogP contribution in [0.25, 0.3) is 0 Å². The lowest BCUT2D eigenvalue weighted by molar-refractivity contribution is -0.122. The van der Waals surface area contributed by atoms with Crippen LogP contribution < -0.4 is 10.6 Å². The molecule has 0 bridgehead atoms. The molecule has 1 fully saturated rings. The monoisotopic (exact) mass is 271 g/mol. The summed E-state index contributed by atoms with van der Waals surface area (Å²) in [5, 5.41) is 15.4. The number of carbonyl (C=O) groups excluding carboxylic acids is 1. The van der Waals surface area contributed by atoms with Crippen molar-refractivity contribution < 1.29 is 9.90 Å². The van der Waals surface area contributed by atoms with Gasteiger partial charge in [-0.05, 0) is 31.7 Å². The number of nitrogens with one attached hydrogen (secondary N) is 2. The van der Waals surface area contributed by atoms with Gasteiger partial charge in [-0.1, -0.05) is 13.8 Å². The van der Waals surface area contributed by atoms with E-state index in [9.17, 15) is 4.79 Å². The van der Waals surface area contributed by atoms with Gasteiger partial charge < -0.3 is 15.7 Å². The van der Waals surface area contributed by atoms with E-state index in [2.05, 4.69) is 24.5 Å². The predicted octanol–water partition coefficient (Wildman–Crippen LogP) is 0.195. The normalized spacial score (nSPS) is 19.3. The molecule has 5 nitrogen and oxygen atoms in total. The van der Waals surface area contributed by atoms with E-state index in [1.807, 2.05) is 4.90 Å². The summed E-state index contributed by atoms with van der Waals surface area (Å²) in [4.78, 5) is 13.9. The number of aliphatic hydroxyl groups is 1. The standard InChI is InChI=1S/C14H29N3O2/c1-12(2)5-7-16-14(19)11-17(8-9-18)10-13-4-3-6-15-13/h12-13,15,18H,3-11H2,1-2H3,(H,16,19). The second-order valence-corrected chi connectivity index (χ2v) is 5.78. The Bertz CT molecular complexity index is 253. The first kappa shape index (κ1) is 16.4. The first-order valence-electron chi connectivity index (χ1n) is 7.45. The minimum Gasteiger partial charge on any atom is -0.395 e. The maximum atomic E-state index is 11.8. The molecule has 5 heteroatoms. The molecule has 0 aromatic rings. The molecule has 1 aliphatic rings. The van der Waals surface area contributed by atoms with Gasteiger partial charge in [0.15, 0.2) is 0 Å². The molecule has 1 atom stereocenters. The van der Waals surface area contributed by atoms with Crippen LogP contribution in [-0.2, 0) is 4.79 Å². The summed E-state index contributed by atoms with van der Waals surface area (Å²) in [5.41, 5.74) is 0. The van der Waals surface area contributed by atoms with Crippen LogP contribution in [0, 0.1) is 5.92 Å². The highest BCUT2D eigenvalue weighted by Gasteiger charge is 2.19. The number of amides is 1. The van der Waals surface area contributed by atoms with Gasteiger partial charge in [-0.25, -0.2) is 0 Å². The molecular weight excluding hydrogens is 242 g/mol. The summed E-state index contributed by atoms with van der Waals surface area (Å²) in [6.07, 6.45) is 3.38. The Labute approximate surface area is 116 Å². The fraction of sp³-hybridized carbons (Fsp3) is 0.929. The number of hydrogen-bond acceptors (Lipinski definition) is 4. The van der Waals surface area contributed by atoms with Crippen LogP contribution in [0.3, 0.4) is 0 Å². The zero-order chi connectivity index (χ0) is 14.1. The largest absolute Gasteiger partial charge is 0.395 e. The maximum absolute atomic E-state index is 11.8. The van der Waals surface area contributed by atoms with Gasteiger partial charge in [0.2, 0.25) is 5.91 Å². The van der Waals surface area contributed by atoms with Crippen molar-refractivity contribution in [1.82, 2.24) is 15.5 Å². The summed E-state index contributed by atoms with van der Waals surface area (Å²) in [6, 6.07) is 0.468. The molecule has 0 aliphatic carbocycles. The molecular formula is C14H29N3O2. The molecule has 3 N–H and O–H groups in total. The van der Waals surface area contributed by atoms with E-state index in [1.54, 1.807) is 0 Å². The molecule has 1 aliphatic heterocycles. The van der Waals surface area contributed by atoms with Crippen LogP contribution >= 0.6 is 0 Å². The highest BCUT2D eigenvalue weighted by atomic mass is 16.3. The average Bonchev–Trinajstić information content (AvgIpc) is 2.81. The van der Waals surface area contributed by atoms with Crippen molar-refractivity contribution in [1.29, 1.82) is 0 Å². The average molecular weight is 271 g/mol. The third kappa shape index (κ3) is 7.50. The quantitative estimate of drug-likeness (QED) is 0.560. The van der Waals surface area contributed by atoms with Crippen molar-refractivity contribution in [2.75, 3.05) is 39.3 Å². The minimum absolute atomic E-state index is 0.0621. The number of hydrogen-bond donors (Lipinski definition) is 3. The van der Waals surface area contributed by atoms with Crippen molar-refractivity contribution >= 4 is 5.91 Å². The minimum atomic E-state index is 0.0621. The Balaban J connectivity index is 2.24. The molecule has 1 amide bonds. The lowest BCUT2D eigenvalue weighted by atomic mass is 10.1. The van der Waals surface area contributed by atoms with E-state index in [1.165, 1.54) is 6.42 Å². The molecule has 1 unspecified atom stereocenters. The third-order valence-electron chi connectivity index (χ3n) is 3.47. The predicted molar refractivity (Wildman–Crippen MR) is 77.0 cm³/mol. The zero-order valence-electron chi connectivity index (χ0n) is 12.3. The second-order valence-electron chi connectivity index (χ2n) is 5.78.